The van der Waals surface area contributed by atoms with Crippen LogP contribution < -0.4 is 5.73 Å². The van der Waals surface area contributed by atoms with Crippen LogP contribution in [0.5, 0.6) is 0 Å². The van der Waals surface area contributed by atoms with Crippen molar-refractivity contribution in [1.82, 2.24) is 0 Å². The van der Waals surface area contributed by atoms with Crippen molar-refractivity contribution in [1.29, 1.82) is 0 Å². The van der Waals surface area contributed by atoms with Gasteiger partial charge in [0.15, 0.2) is 0 Å². The highest BCUT2D eigenvalue weighted by atomic mass is 35.7. The van der Waals surface area contributed by atoms with Gasteiger partial charge in [0.1, 0.15) is 0 Å². The van der Waals surface area contributed by atoms with Gasteiger partial charge < -0.3 is 5.73 Å². The third-order valence-electron chi connectivity index (χ3n) is 2.17. The molecule has 2 N–H and O–H groups in total. The van der Waals surface area contributed by atoms with E-state index in [9.17, 15) is 4.21 Å². The van der Waals surface area contributed by atoms with Crippen LogP contribution in [0.25, 0.3) is 0 Å². The van der Waals surface area contributed by atoms with Crippen LogP contribution in [0.15, 0.2) is 0 Å². The lowest BCUT2D eigenvalue weighted by molar-refractivity contribution is 0.210. The highest BCUT2D eigenvalue weighted by molar-refractivity contribution is 8.04. The van der Waals surface area contributed by atoms with Gasteiger partial charge in [-0.2, -0.15) is 0 Å². The van der Waals surface area contributed by atoms with Crippen LogP contribution in [-0.4, -0.2) is 16.4 Å². The first-order valence-corrected chi connectivity index (χ1v) is 6.09. The van der Waals surface area contributed by atoms with Crippen molar-refractivity contribution in [2.45, 2.75) is 44.2 Å². The second-order valence-corrected chi connectivity index (χ2v) is 4.52. The third-order valence-corrected chi connectivity index (χ3v) is 2.81. The van der Waals surface area contributed by atoms with Gasteiger partial charge in [-0.15, -0.1) is 0 Å². The van der Waals surface area contributed by atoms with Gasteiger partial charge in [-0.25, -0.2) is 4.21 Å². The molecular weight excluding hydrogens is 198 g/mol. The SMILES string of the molecule is NC1CCCC(OS(=O)Cl)CC1. The molecule has 72 valence electrons. The van der Waals surface area contributed by atoms with E-state index in [0.717, 1.165) is 32.1 Å². The molecule has 3 atom stereocenters. The minimum atomic E-state index is -1.65. The first-order chi connectivity index (χ1) is 5.68. The standard InChI is InChI=1S/C7H14ClNO2S/c8-12(10)11-7-3-1-2-6(9)4-5-7/h6-7H,1-5,9H2. The van der Waals surface area contributed by atoms with Gasteiger partial charge in [0.25, 0.3) is 10.3 Å². The van der Waals surface area contributed by atoms with Gasteiger partial charge in [0.05, 0.1) is 6.10 Å². The number of nitrogens with two attached hydrogens (primary N) is 1. The smallest absolute Gasteiger partial charge is 0.256 e. The molecule has 1 rings (SSSR count). The summed E-state index contributed by atoms with van der Waals surface area (Å²) >= 11 is 0. The van der Waals surface area contributed by atoms with Crippen LogP contribution in [0.1, 0.15) is 32.1 Å². The van der Waals surface area contributed by atoms with E-state index in [-0.39, 0.29) is 12.1 Å². The van der Waals surface area contributed by atoms with Crippen LogP contribution in [0.2, 0.25) is 0 Å². The van der Waals surface area contributed by atoms with Gasteiger partial charge in [-0.05, 0) is 32.1 Å². The quantitative estimate of drug-likeness (QED) is 0.556. The molecule has 0 aliphatic heterocycles. The predicted molar refractivity (Wildman–Crippen MR) is 49.9 cm³/mol. The van der Waals surface area contributed by atoms with E-state index in [1.807, 2.05) is 0 Å². The minimum Gasteiger partial charge on any atom is -0.328 e. The molecule has 5 heteroatoms. The Hall–Kier alpha value is 0.360. The fourth-order valence-corrected chi connectivity index (χ4v) is 2.21. The van der Waals surface area contributed by atoms with Crippen LogP contribution in [0, 0.1) is 0 Å². The van der Waals surface area contributed by atoms with Crippen molar-refractivity contribution < 1.29 is 8.39 Å². The first-order valence-electron chi connectivity index (χ1n) is 4.19. The number of hydrogen-bond acceptors (Lipinski definition) is 3. The van der Waals surface area contributed by atoms with Gasteiger partial charge >= 0.3 is 0 Å². The highest BCUT2D eigenvalue weighted by Crippen LogP contribution is 2.20. The topological polar surface area (TPSA) is 52.3 Å². The fraction of sp³-hybridized carbons (Fsp3) is 1.00. The highest BCUT2D eigenvalue weighted by Gasteiger charge is 2.18. The van der Waals surface area contributed by atoms with E-state index in [4.69, 9.17) is 20.6 Å². The Morgan fingerprint density at radius 1 is 1.33 bits per heavy atom. The lowest BCUT2D eigenvalue weighted by atomic mass is 10.1. The van der Waals surface area contributed by atoms with Crippen molar-refractivity contribution in [3.8, 4) is 0 Å². The van der Waals surface area contributed by atoms with Crippen LogP contribution in [0.4, 0.5) is 0 Å². The Balaban J connectivity index is 2.30. The molecule has 1 saturated carbocycles. The summed E-state index contributed by atoms with van der Waals surface area (Å²) in [4.78, 5) is 0. The zero-order valence-electron chi connectivity index (χ0n) is 6.87. The Morgan fingerprint density at radius 2 is 2.08 bits per heavy atom. The number of rotatable bonds is 2. The summed E-state index contributed by atoms with van der Waals surface area (Å²) in [6.45, 7) is 0. The maximum atomic E-state index is 10.5. The molecule has 0 amide bonds. The Kier molecular flexibility index (Phi) is 4.50. The molecule has 12 heavy (non-hydrogen) atoms. The van der Waals surface area contributed by atoms with Crippen LogP contribution in [0.3, 0.4) is 0 Å². The zero-order chi connectivity index (χ0) is 8.97. The van der Waals surface area contributed by atoms with Crippen LogP contribution >= 0.6 is 10.7 Å². The fourth-order valence-electron chi connectivity index (χ4n) is 1.50. The lowest BCUT2D eigenvalue weighted by Gasteiger charge is -2.10. The molecule has 1 aliphatic carbocycles. The average Bonchev–Trinajstić information content (AvgIpc) is 2.15. The van der Waals surface area contributed by atoms with E-state index in [0.29, 0.717) is 0 Å². The molecule has 3 unspecified atom stereocenters. The molecule has 0 aromatic carbocycles. The molecule has 0 bridgehead atoms. The predicted octanol–water partition coefficient (Wildman–Crippen LogP) is 1.48. The second-order valence-electron chi connectivity index (χ2n) is 3.18. The summed E-state index contributed by atoms with van der Waals surface area (Å²) in [5.41, 5.74) is 5.76. The Bertz CT molecular complexity index is 167. The summed E-state index contributed by atoms with van der Waals surface area (Å²) in [7, 11) is 3.57. The molecule has 0 aromatic rings. The second kappa shape index (κ2) is 5.17. The largest absolute Gasteiger partial charge is 0.328 e. The average molecular weight is 212 g/mol. The molecule has 1 aliphatic rings. The van der Waals surface area contributed by atoms with Gasteiger partial charge in [-0.3, -0.25) is 4.18 Å². The normalized spacial score (nSPS) is 34.2. The third kappa shape index (κ3) is 3.85. The monoisotopic (exact) mass is 211 g/mol. The summed E-state index contributed by atoms with van der Waals surface area (Å²) in [5, 5.41) is 0. The molecule has 0 aromatic heterocycles. The van der Waals surface area contributed by atoms with E-state index in [1.165, 1.54) is 0 Å². The molecular formula is C7H14ClNO2S. The van der Waals surface area contributed by atoms with Crippen LogP contribution in [-0.2, 0) is 14.5 Å². The first kappa shape index (κ1) is 10.4. The number of halogens is 1. The van der Waals surface area contributed by atoms with Crippen molar-refractivity contribution in [2.24, 2.45) is 5.73 Å². The molecule has 0 saturated heterocycles. The minimum absolute atomic E-state index is 0.0388. The summed E-state index contributed by atoms with van der Waals surface area (Å²) in [6.07, 6.45) is 4.86. The molecule has 0 spiro atoms. The summed E-state index contributed by atoms with van der Waals surface area (Å²) in [6, 6.07) is 0.280. The maximum Gasteiger partial charge on any atom is 0.256 e. The van der Waals surface area contributed by atoms with Gasteiger partial charge in [0.2, 0.25) is 0 Å². The Morgan fingerprint density at radius 3 is 2.75 bits per heavy atom. The molecule has 1 fully saturated rings. The van der Waals surface area contributed by atoms with Crippen molar-refractivity contribution >= 4 is 21.0 Å². The van der Waals surface area contributed by atoms with Gasteiger partial charge in [-0.1, -0.05) is 0 Å². The molecule has 0 heterocycles. The lowest BCUT2D eigenvalue weighted by Crippen LogP contribution is -2.19. The summed E-state index contributed by atoms with van der Waals surface area (Å²) in [5.74, 6) is 0. The Labute approximate surface area is 79.8 Å². The molecule has 0 radical (unpaired) electrons. The van der Waals surface area contributed by atoms with E-state index < -0.39 is 10.3 Å². The van der Waals surface area contributed by atoms with Crippen molar-refractivity contribution in [3.63, 3.8) is 0 Å². The van der Waals surface area contributed by atoms with Gasteiger partial charge in [0, 0.05) is 16.7 Å². The van der Waals surface area contributed by atoms with Crippen molar-refractivity contribution in [3.05, 3.63) is 0 Å². The van der Waals surface area contributed by atoms with E-state index >= 15 is 0 Å². The van der Waals surface area contributed by atoms with E-state index in [1.54, 1.807) is 0 Å². The van der Waals surface area contributed by atoms with E-state index in [2.05, 4.69) is 0 Å². The maximum absolute atomic E-state index is 10.5. The summed E-state index contributed by atoms with van der Waals surface area (Å²) < 4.78 is 15.5. The number of hydrogen-bond donors (Lipinski definition) is 1. The zero-order valence-corrected chi connectivity index (χ0v) is 8.44. The molecule has 3 nitrogen and oxygen atoms in total. The van der Waals surface area contributed by atoms with Crippen molar-refractivity contribution in [2.75, 3.05) is 0 Å².